The summed E-state index contributed by atoms with van der Waals surface area (Å²) < 4.78 is 11.5. The van der Waals surface area contributed by atoms with Crippen LogP contribution in [-0.4, -0.2) is 60.9 Å². The number of benzene rings is 1. The van der Waals surface area contributed by atoms with Crippen molar-refractivity contribution in [2.24, 2.45) is 5.10 Å². The molecule has 8 nitrogen and oxygen atoms in total. The molecule has 2 aliphatic heterocycles. The molecule has 1 N–H and O–H groups in total. The fourth-order valence-corrected chi connectivity index (χ4v) is 4.48. The number of hydrazone groups is 1. The van der Waals surface area contributed by atoms with Crippen LogP contribution in [0.5, 0.6) is 11.5 Å². The van der Waals surface area contributed by atoms with E-state index in [1.807, 2.05) is 31.2 Å². The molecule has 4 rings (SSSR count). The second-order valence-corrected chi connectivity index (χ2v) is 9.35. The Morgan fingerprint density at radius 1 is 0.941 bits per heavy atom. The molecule has 2 saturated heterocycles. The van der Waals surface area contributed by atoms with E-state index < -0.39 is 0 Å². The van der Waals surface area contributed by atoms with Crippen molar-refractivity contribution in [3.05, 3.63) is 29.8 Å². The molecule has 2 fully saturated rings. The Hall–Kier alpha value is -2.55. The highest BCUT2D eigenvalue weighted by Gasteiger charge is 2.19. The summed E-state index contributed by atoms with van der Waals surface area (Å²) in [7, 11) is 0. The first-order chi connectivity index (χ1) is 16.8. The van der Waals surface area contributed by atoms with E-state index in [0.29, 0.717) is 19.0 Å². The van der Waals surface area contributed by atoms with Crippen molar-refractivity contribution in [3.63, 3.8) is 0 Å². The monoisotopic (exact) mass is 530 g/mol. The third kappa shape index (κ3) is 6.74. The molecule has 9 heteroatoms. The molecule has 2 aromatic rings. The zero-order valence-electron chi connectivity index (χ0n) is 20.0. The van der Waals surface area contributed by atoms with Crippen LogP contribution in [0.25, 0.3) is 0 Å². The van der Waals surface area contributed by atoms with E-state index in [0.717, 1.165) is 60.4 Å². The average molecular weight is 531 g/mol. The van der Waals surface area contributed by atoms with Gasteiger partial charge in [-0.05, 0) is 69.2 Å². The number of nitrogens with zero attached hydrogens (tertiary/aromatic N) is 5. The summed E-state index contributed by atoms with van der Waals surface area (Å²) in [5.41, 5.74) is 4.06. The number of piperidine rings is 2. The summed E-state index contributed by atoms with van der Waals surface area (Å²) in [4.78, 5) is 14.4. The van der Waals surface area contributed by atoms with Crippen LogP contribution in [0.1, 0.15) is 51.0 Å². The molecule has 0 radical (unpaired) electrons. The molecule has 2 aliphatic rings. The summed E-state index contributed by atoms with van der Waals surface area (Å²) in [5, 5.41) is 5.24. The molecule has 1 aromatic carbocycles. The summed E-state index contributed by atoms with van der Waals surface area (Å²) in [6.45, 7) is 7.23. The van der Waals surface area contributed by atoms with Gasteiger partial charge in [0, 0.05) is 37.6 Å². The molecule has 34 heavy (non-hydrogen) atoms. The minimum atomic E-state index is 0.572. The van der Waals surface area contributed by atoms with Crippen LogP contribution in [0.2, 0.25) is 0 Å². The number of halogens is 1. The number of ether oxygens (including phenoxy) is 2. The fourth-order valence-electron chi connectivity index (χ4n) is 4.31. The largest absolute Gasteiger partial charge is 0.490 e. The predicted octanol–water partition coefficient (Wildman–Crippen LogP) is 5.08. The lowest BCUT2D eigenvalue weighted by molar-refractivity contribution is 0.290. The van der Waals surface area contributed by atoms with Gasteiger partial charge in [0.15, 0.2) is 17.3 Å². The third-order valence-electron chi connectivity index (χ3n) is 6.01. The Morgan fingerprint density at radius 3 is 2.38 bits per heavy atom. The van der Waals surface area contributed by atoms with E-state index in [-0.39, 0.29) is 0 Å². The van der Waals surface area contributed by atoms with Crippen molar-refractivity contribution < 1.29 is 9.47 Å². The predicted molar refractivity (Wildman–Crippen MR) is 142 cm³/mol. The molecule has 0 atom stereocenters. The van der Waals surface area contributed by atoms with Crippen LogP contribution in [0.15, 0.2) is 29.4 Å². The number of anilines is 3. The maximum absolute atomic E-state index is 5.75. The number of nitrogens with one attached hydrogen (secondary N) is 1. The summed E-state index contributed by atoms with van der Waals surface area (Å²) in [6, 6.07) is 7.84. The Morgan fingerprint density at radius 2 is 1.68 bits per heavy atom. The zero-order valence-corrected chi connectivity index (χ0v) is 21.6. The lowest BCUT2D eigenvalue weighted by atomic mass is 10.1. The van der Waals surface area contributed by atoms with Gasteiger partial charge >= 0.3 is 0 Å². The van der Waals surface area contributed by atoms with Gasteiger partial charge < -0.3 is 19.3 Å². The molecule has 0 saturated carbocycles. The van der Waals surface area contributed by atoms with Gasteiger partial charge in [-0.15, -0.1) is 0 Å². The van der Waals surface area contributed by atoms with Crippen molar-refractivity contribution in [3.8, 4) is 11.5 Å². The van der Waals surface area contributed by atoms with Crippen LogP contribution in [-0.2, 0) is 0 Å². The van der Waals surface area contributed by atoms with E-state index in [1.165, 1.54) is 38.5 Å². The second-order valence-electron chi connectivity index (χ2n) is 8.55. The van der Waals surface area contributed by atoms with Gasteiger partial charge in [-0.2, -0.15) is 15.1 Å². The molecule has 0 spiro atoms. The fraction of sp³-hybridized carbons (Fsp3) is 0.560. The Balaban J connectivity index is 1.51. The van der Waals surface area contributed by atoms with E-state index in [1.54, 1.807) is 6.21 Å². The number of hydrogen-bond donors (Lipinski definition) is 1. The molecular weight excluding hydrogens is 496 g/mol. The van der Waals surface area contributed by atoms with Gasteiger partial charge in [0.05, 0.1) is 19.4 Å². The van der Waals surface area contributed by atoms with Gasteiger partial charge in [-0.25, -0.2) is 0 Å². The van der Waals surface area contributed by atoms with Gasteiger partial charge in [0.25, 0.3) is 0 Å². The topological polar surface area (TPSA) is 75.1 Å². The van der Waals surface area contributed by atoms with Gasteiger partial charge in [-0.1, -0.05) is 15.9 Å². The summed E-state index contributed by atoms with van der Waals surface area (Å²) >= 11 is 3.39. The molecule has 0 bridgehead atoms. The first kappa shape index (κ1) is 24.6. The highest BCUT2D eigenvalue weighted by molar-refractivity contribution is 9.09. The maximum atomic E-state index is 5.75. The lowest BCUT2D eigenvalue weighted by Crippen LogP contribution is -2.33. The van der Waals surface area contributed by atoms with Crippen LogP contribution in [0.3, 0.4) is 0 Å². The standard InChI is InChI=1S/C25H35BrN6O2/c1-2-33-22-17-20(9-10-21(22)34-16-11-26)19-27-30-23-18-24(31-12-5-3-6-13-31)29-25(28-23)32-14-7-4-8-15-32/h9-10,17-19H,2-8,11-16H2,1H3,(H,28,29,30)/b27-19-. The average Bonchev–Trinajstić information content (AvgIpc) is 2.89. The number of rotatable bonds is 10. The third-order valence-corrected chi connectivity index (χ3v) is 6.34. The lowest BCUT2D eigenvalue weighted by Gasteiger charge is -2.31. The maximum Gasteiger partial charge on any atom is 0.229 e. The minimum Gasteiger partial charge on any atom is -0.490 e. The van der Waals surface area contributed by atoms with Crippen molar-refractivity contribution in [1.29, 1.82) is 0 Å². The first-order valence-electron chi connectivity index (χ1n) is 12.4. The molecule has 1 aromatic heterocycles. The van der Waals surface area contributed by atoms with Crippen LogP contribution < -0.4 is 24.7 Å². The van der Waals surface area contributed by atoms with Gasteiger partial charge in [0.2, 0.25) is 5.95 Å². The first-order valence-corrected chi connectivity index (χ1v) is 13.5. The number of aromatic nitrogens is 2. The van der Waals surface area contributed by atoms with Gasteiger partial charge in [-0.3, -0.25) is 5.43 Å². The molecule has 0 unspecified atom stereocenters. The smallest absolute Gasteiger partial charge is 0.229 e. The Labute approximate surface area is 210 Å². The summed E-state index contributed by atoms with van der Waals surface area (Å²) in [5.74, 6) is 3.95. The molecule has 0 amide bonds. The zero-order chi connectivity index (χ0) is 23.6. The molecule has 3 heterocycles. The minimum absolute atomic E-state index is 0.572. The second kappa shape index (κ2) is 12.8. The van der Waals surface area contributed by atoms with E-state index in [2.05, 4.69) is 36.3 Å². The van der Waals surface area contributed by atoms with Crippen molar-refractivity contribution in [1.82, 2.24) is 9.97 Å². The van der Waals surface area contributed by atoms with Crippen molar-refractivity contribution in [2.75, 3.05) is 59.9 Å². The Kier molecular flexibility index (Phi) is 9.24. The number of hydrogen-bond acceptors (Lipinski definition) is 8. The summed E-state index contributed by atoms with van der Waals surface area (Å²) in [6.07, 6.45) is 9.15. The molecule has 184 valence electrons. The SMILES string of the molecule is CCOc1cc(/C=N\Nc2cc(N3CCCCC3)nc(N3CCCCC3)n2)ccc1OCCBr. The van der Waals surface area contributed by atoms with E-state index in [9.17, 15) is 0 Å². The quantitative estimate of drug-likeness (QED) is 0.261. The number of alkyl halides is 1. The van der Waals surface area contributed by atoms with E-state index >= 15 is 0 Å². The highest BCUT2D eigenvalue weighted by Crippen LogP contribution is 2.28. The highest BCUT2D eigenvalue weighted by atomic mass is 79.9. The Bertz CT molecular complexity index is 909. The molecule has 0 aliphatic carbocycles. The van der Waals surface area contributed by atoms with Crippen LogP contribution in [0.4, 0.5) is 17.6 Å². The van der Waals surface area contributed by atoms with Crippen molar-refractivity contribution >= 4 is 39.7 Å². The van der Waals surface area contributed by atoms with Gasteiger partial charge in [0.1, 0.15) is 5.82 Å². The van der Waals surface area contributed by atoms with Crippen molar-refractivity contribution in [2.45, 2.75) is 45.4 Å². The molecular formula is C25H35BrN6O2. The van der Waals surface area contributed by atoms with Crippen LogP contribution >= 0.6 is 15.9 Å². The van der Waals surface area contributed by atoms with E-state index in [4.69, 9.17) is 19.4 Å². The van der Waals surface area contributed by atoms with Crippen LogP contribution in [0, 0.1) is 0 Å². The normalized spacial score (nSPS) is 16.6.